The minimum absolute atomic E-state index is 0.0979. The summed E-state index contributed by atoms with van der Waals surface area (Å²) in [7, 11) is -3.17. The lowest BCUT2D eigenvalue weighted by Crippen LogP contribution is -2.13. The molecule has 0 amide bonds. The van der Waals surface area contributed by atoms with Crippen molar-refractivity contribution in [1.82, 2.24) is 4.98 Å². The molecule has 3 rings (SSSR count). The number of fused-ring (bicyclic) bond motifs is 1. The lowest BCUT2D eigenvalue weighted by molar-refractivity contribution is 0.598. The molecular weight excluding hydrogens is 260 g/mol. The summed E-state index contributed by atoms with van der Waals surface area (Å²) in [4.78, 5) is 4.64. The Morgan fingerprint density at radius 2 is 2.00 bits per heavy atom. The monoisotopic (exact) mass is 274 g/mol. The lowest BCUT2D eigenvalue weighted by Gasteiger charge is -2.15. The molecule has 0 spiro atoms. The number of anilines is 1. The number of aryl methyl sites for hydroxylation is 1. The van der Waals surface area contributed by atoms with Crippen molar-refractivity contribution in [2.75, 3.05) is 11.1 Å². The van der Waals surface area contributed by atoms with Gasteiger partial charge in [-0.25, -0.2) is 8.42 Å². The Kier molecular flexibility index (Phi) is 2.78. The number of rotatable bonds is 2. The molecule has 98 valence electrons. The number of nitrogens with one attached hydrogen (secondary N) is 1. The standard InChI is InChI=1S/C14H14N2O2S/c1-10-12(6-4-8-15-10)16-13-9-19(17,18)14-7-3-2-5-11(13)14/h2-8,13,16H,9H2,1H3. The third-order valence-electron chi connectivity index (χ3n) is 3.35. The van der Waals surface area contributed by atoms with Gasteiger partial charge in [-0.2, -0.15) is 0 Å². The van der Waals surface area contributed by atoms with E-state index in [0.717, 1.165) is 16.9 Å². The minimum Gasteiger partial charge on any atom is -0.376 e. The average molecular weight is 274 g/mol. The normalized spacial score (nSPS) is 19.9. The summed E-state index contributed by atoms with van der Waals surface area (Å²) >= 11 is 0. The first-order valence-electron chi connectivity index (χ1n) is 6.08. The predicted molar refractivity (Wildman–Crippen MR) is 73.8 cm³/mol. The summed E-state index contributed by atoms with van der Waals surface area (Å²) in [5, 5.41) is 3.28. The van der Waals surface area contributed by atoms with Gasteiger partial charge in [0.25, 0.3) is 0 Å². The van der Waals surface area contributed by atoms with Crippen LogP contribution in [0.15, 0.2) is 47.5 Å². The minimum atomic E-state index is -3.17. The van der Waals surface area contributed by atoms with E-state index in [1.54, 1.807) is 18.3 Å². The van der Waals surface area contributed by atoms with Crippen LogP contribution >= 0.6 is 0 Å². The number of hydrogen-bond acceptors (Lipinski definition) is 4. The number of sulfone groups is 1. The maximum absolute atomic E-state index is 12.1. The zero-order chi connectivity index (χ0) is 13.5. The van der Waals surface area contributed by atoms with Crippen LogP contribution < -0.4 is 5.32 Å². The second kappa shape index (κ2) is 4.35. The fourth-order valence-corrected chi connectivity index (χ4v) is 4.13. The maximum Gasteiger partial charge on any atom is 0.181 e. The molecule has 1 N–H and O–H groups in total. The first kappa shape index (κ1) is 12.2. The van der Waals surface area contributed by atoms with E-state index in [-0.39, 0.29) is 11.8 Å². The molecule has 1 unspecified atom stereocenters. The van der Waals surface area contributed by atoms with Gasteiger partial charge in [-0.1, -0.05) is 18.2 Å². The molecular formula is C14H14N2O2S. The van der Waals surface area contributed by atoms with Crippen LogP contribution in [0.2, 0.25) is 0 Å². The molecule has 1 aliphatic rings. The summed E-state index contributed by atoms with van der Waals surface area (Å²) in [5.41, 5.74) is 2.58. The van der Waals surface area contributed by atoms with Gasteiger partial charge in [0.05, 0.1) is 28.1 Å². The van der Waals surface area contributed by atoms with Crippen molar-refractivity contribution >= 4 is 15.5 Å². The van der Waals surface area contributed by atoms with Gasteiger partial charge in [-0.3, -0.25) is 4.98 Å². The summed E-state index contributed by atoms with van der Waals surface area (Å²) in [6.07, 6.45) is 1.72. The van der Waals surface area contributed by atoms with Gasteiger partial charge in [-0.05, 0) is 30.7 Å². The Morgan fingerprint density at radius 3 is 2.79 bits per heavy atom. The predicted octanol–water partition coefficient (Wildman–Crippen LogP) is 2.33. The van der Waals surface area contributed by atoms with E-state index in [1.807, 2.05) is 31.2 Å². The van der Waals surface area contributed by atoms with Crippen molar-refractivity contribution in [2.45, 2.75) is 17.9 Å². The van der Waals surface area contributed by atoms with Crippen LogP contribution in [0.5, 0.6) is 0 Å². The number of pyridine rings is 1. The van der Waals surface area contributed by atoms with Crippen molar-refractivity contribution in [2.24, 2.45) is 0 Å². The van der Waals surface area contributed by atoms with Crippen LogP contribution in [-0.2, 0) is 9.84 Å². The van der Waals surface area contributed by atoms with E-state index in [1.165, 1.54) is 0 Å². The molecule has 0 bridgehead atoms. The number of benzene rings is 1. The lowest BCUT2D eigenvalue weighted by atomic mass is 10.1. The highest BCUT2D eigenvalue weighted by Crippen LogP contribution is 2.35. The van der Waals surface area contributed by atoms with Crippen LogP contribution in [-0.4, -0.2) is 19.2 Å². The first-order chi connectivity index (χ1) is 9.08. The van der Waals surface area contributed by atoms with E-state index in [4.69, 9.17) is 0 Å². The largest absolute Gasteiger partial charge is 0.376 e. The second-order valence-electron chi connectivity index (χ2n) is 4.65. The fourth-order valence-electron chi connectivity index (χ4n) is 2.39. The maximum atomic E-state index is 12.1. The molecule has 5 heteroatoms. The molecule has 0 fully saturated rings. The van der Waals surface area contributed by atoms with Crippen molar-refractivity contribution in [3.63, 3.8) is 0 Å². The van der Waals surface area contributed by atoms with E-state index < -0.39 is 9.84 Å². The Morgan fingerprint density at radius 1 is 1.21 bits per heavy atom. The summed E-state index contributed by atoms with van der Waals surface area (Å²) in [6.45, 7) is 1.90. The Balaban J connectivity index is 1.99. The molecule has 0 radical (unpaired) electrons. The van der Waals surface area contributed by atoms with Gasteiger partial charge in [0.2, 0.25) is 0 Å². The van der Waals surface area contributed by atoms with Gasteiger partial charge in [0.1, 0.15) is 0 Å². The summed E-state index contributed by atoms with van der Waals surface area (Å²) < 4.78 is 24.2. The van der Waals surface area contributed by atoms with Gasteiger partial charge in [0.15, 0.2) is 9.84 Å². The van der Waals surface area contributed by atoms with Gasteiger partial charge < -0.3 is 5.32 Å². The van der Waals surface area contributed by atoms with E-state index in [9.17, 15) is 8.42 Å². The topological polar surface area (TPSA) is 59.1 Å². The summed E-state index contributed by atoms with van der Waals surface area (Å²) in [5.74, 6) is 0.0979. The van der Waals surface area contributed by atoms with E-state index in [0.29, 0.717) is 4.90 Å². The van der Waals surface area contributed by atoms with E-state index in [2.05, 4.69) is 10.3 Å². The molecule has 4 nitrogen and oxygen atoms in total. The van der Waals surface area contributed by atoms with Crippen molar-refractivity contribution < 1.29 is 8.42 Å². The zero-order valence-corrected chi connectivity index (χ0v) is 11.3. The quantitative estimate of drug-likeness (QED) is 0.913. The van der Waals surface area contributed by atoms with Crippen LogP contribution in [0.25, 0.3) is 0 Å². The third kappa shape index (κ3) is 2.10. The molecule has 0 saturated heterocycles. The molecule has 2 aromatic rings. The van der Waals surface area contributed by atoms with Crippen LogP contribution in [0.3, 0.4) is 0 Å². The highest BCUT2D eigenvalue weighted by atomic mass is 32.2. The van der Waals surface area contributed by atoms with Crippen molar-refractivity contribution in [3.05, 3.63) is 53.9 Å². The molecule has 1 aromatic carbocycles. The third-order valence-corrected chi connectivity index (χ3v) is 5.17. The SMILES string of the molecule is Cc1ncccc1NC1CS(=O)(=O)c2ccccc21. The highest BCUT2D eigenvalue weighted by molar-refractivity contribution is 7.91. The zero-order valence-electron chi connectivity index (χ0n) is 10.5. The Hall–Kier alpha value is -1.88. The Labute approximate surface area is 112 Å². The van der Waals surface area contributed by atoms with Crippen LogP contribution in [0.1, 0.15) is 17.3 Å². The molecule has 1 aromatic heterocycles. The molecule has 19 heavy (non-hydrogen) atoms. The second-order valence-corrected chi connectivity index (χ2v) is 6.66. The molecule has 2 heterocycles. The molecule has 1 aliphatic heterocycles. The van der Waals surface area contributed by atoms with Gasteiger partial charge in [-0.15, -0.1) is 0 Å². The Bertz CT molecular complexity index is 726. The molecule has 1 atom stereocenters. The van der Waals surface area contributed by atoms with Gasteiger partial charge >= 0.3 is 0 Å². The first-order valence-corrected chi connectivity index (χ1v) is 7.73. The molecule has 0 aliphatic carbocycles. The highest BCUT2D eigenvalue weighted by Gasteiger charge is 2.34. The van der Waals surface area contributed by atoms with Crippen LogP contribution in [0, 0.1) is 6.92 Å². The number of aromatic nitrogens is 1. The van der Waals surface area contributed by atoms with Crippen LogP contribution in [0.4, 0.5) is 5.69 Å². The smallest absolute Gasteiger partial charge is 0.181 e. The number of hydrogen-bond donors (Lipinski definition) is 1. The summed E-state index contributed by atoms with van der Waals surface area (Å²) in [6, 6.07) is 10.7. The average Bonchev–Trinajstić information content (AvgIpc) is 2.65. The van der Waals surface area contributed by atoms with Crippen molar-refractivity contribution in [1.29, 1.82) is 0 Å². The molecule has 0 saturated carbocycles. The fraction of sp³-hybridized carbons (Fsp3) is 0.214. The van der Waals surface area contributed by atoms with E-state index >= 15 is 0 Å². The van der Waals surface area contributed by atoms with Crippen molar-refractivity contribution in [3.8, 4) is 0 Å². The number of nitrogens with zero attached hydrogens (tertiary/aromatic N) is 1. The van der Waals surface area contributed by atoms with Gasteiger partial charge in [0, 0.05) is 6.20 Å².